The second-order valence-electron chi connectivity index (χ2n) is 3.84. The predicted molar refractivity (Wildman–Crippen MR) is 66.5 cm³/mol. The molecule has 0 radical (unpaired) electrons. The molecule has 2 aromatic rings. The maximum Gasteiger partial charge on any atom is 0.243 e. The molecule has 3 rings (SSSR count). The number of pyridine rings is 1. The molecular formula is C11H11BrN4. The quantitative estimate of drug-likeness (QED) is 0.859. The second kappa shape index (κ2) is 3.90. The van der Waals surface area contributed by atoms with Gasteiger partial charge in [0.25, 0.3) is 0 Å². The smallest absolute Gasteiger partial charge is 0.243 e. The van der Waals surface area contributed by atoms with Crippen molar-refractivity contribution >= 4 is 27.5 Å². The van der Waals surface area contributed by atoms with Crippen molar-refractivity contribution in [3.8, 4) is 0 Å². The van der Waals surface area contributed by atoms with E-state index in [0.29, 0.717) is 12.0 Å². The number of aromatic nitrogens is 3. The van der Waals surface area contributed by atoms with E-state index < -0.39 is 0 Å². The van der Waals surface area contributed by atoms with Gasteiger partial charge in [0.2, 0.25) is 5.95 Å². The number of fused-ring (bicyclic) bond motifs is 1. The second-order valence-corrected chi connectivity index (χ2v) is 4.70. The fourth-order valence-electron chi connectivity index (χ4n) is 1.85. The molecule has 0 unspecified atom stereocenters. The Balaban J connectivity index is 1.90. The zero-order valence-corrected chi connectivity index (χ0v) is 10.2. The van der Waals surface area contributed by atoms with Crippen LogP contribution in [-0.2, 0) is 0 Å². The van der Waals surface area contributed by atoms with Crippen LogP contribution in [0.2, 0.25) is 0 Å². The first kappa shape index (κ1) is 9.84. The van der Waals surface area contributed by atoms with Crippen LogP contribution in [0.1, 0.15) is 12.8 Å². The van der Waals surface area contributed by atoms with Crippen molar-refractivity contribution in [3.63, 3.8) is 0 Å². The van der Waals surface area contributed by atoms with Crippen molar-refractivity contribution in [1.29, 1.82) is 0 Å². The summed E-state index contributed by atoms with van der Waals surface area (Å²) >= 11 is 3.46. The van der Waals surface area contributed by atoms with E-state index in [1.807, 2.05) is 18.3 Å². The summed E-state index contributed by atoms with van der Waals surface area (Å²) in [4.78, 5) is 4.44. The Morgan fingerprint density at radius 2 is 2.19 bits per heavy atom. The van der Waals surface area contributed by atoms with Gasteiger partial charge in [-0.3, -0.25) is 0 Å². The van der Waals surface area contributed by atoms with Gasteiger partial charge in [0, 0.05) is 12.2 Å². The van der Waals surface area contributed by atoms with Crippen LogP contribution in [0.25, 0.3) is 5.65 Å². The zero-order chi connectivity index (χ0) is 11.0. The maximum atomic E-state index is 4.44. The Bertz CT molecular complexity index is 538. The highest BCUT2D eigenvalue weighted by Crippen LogP contribution is 2.19. The normalized spacial score (nSPS) is 16.1. The fourth-order valence-corrected chi connectivity index (χ4v) is 2.28. The molecule has 0 aliphatic heterocycles. The number of hydrogen-bond acceptors (Lipinski definition) is 3. The average molecular weight is 279 g/mol. The van der Waals surface area contributed by atoms with E-state index >= 15 is 0 Å². The molecule has 5 heteroatoms. The van der Waals surface area contributed by atoms with Crippen molar-refractivity contribution in [1.82, 2.24) is 14.6 Å². The lowest BCUT2D eigenvalue weighted by Gasteiger charge is -2.08. The van der Waals surface area contributed by atoms with Crippen molar-refractivity contribution in [2.45, 2.75) is 18.9 Å². The first-order valence-electron chi connectivity index (χ1n) is 5.25. The number of nitrogens with one attached hydrogen (secondary N) is 1. The summed E-state index contributed by atoms with van der Waals surface area (Å²) in [6, 6.07) is 4.34. The van der Waals surface area contributed by atoms with Crippen LogP contribution in [0.3, 0.4) is 0 Å². The van der Waals surface area contributed by atoms with Crippen LogP contribution < -0.4 is 5.32 Å². The van der Waals surface area contributed by atoms with E-state index in [9.17, 15) is 0 Å². The molecule has 4 nitrogen and oxygen atoms in total. The highest BCUT2D eigenvalue weighted by atomic mass is 79.9. The van der Waals surface area contributed by atoms with E-state index in [1.165, 1.54) is 0 Å². The summed E-state index contributed by atoms with van der Waals surface area (Å²) in [6.07, 6.45) is 8.37. The van der Waals surface area contributed by atoms with Gasteiger partial charge in [-0.05, 0) is 40.9 Å². The number of hydrogen-bond donors (Lipinski definition) is 1. The number of nitrogens with zero attached hydrogens (tertiary/aromatic N) is 3. The van der Waals surface area contributed by atoms with Gasteiger partial charge >= 0.3 is 0 Å². The molecule has 0 saturated heterocycles. The molecule has 0 fully saturated rings. The fraction of sp³-hybridized carbons (Fsp3) is 0.273. The molecule has 0 spiro atoms. The summed E-state index contributed by atoms with van der Waals surface area (Å²) < 4.78 is 2.73. The van der Waals surface area contributed by atoms with Crippen LogP contribution in [0, 0.1) is 0 Å². The topological polar surface area (TPSA) is 42.2 Å². The van der Waals surface area contributed by atoms with Gasteiger partial charge in [0.05, 0.1) is 4.47 Å². The van der Waals surface area contributed by atoms with Gasteiger partial charge in [-0.25, -0.2) is 4.52 Å². The van der Waals surface area contributed by atoms with E-state index in [0.717, 1.165) is 23.0 Å². The SMILES string of the molecule is Brc1cccn2nc(NC3CC=CC3)nc12. The Morgan fingerprint density at radius 1 is 1.38 bits per heavy atom. The lowest BCUT2D eigenvalue weighted by atomic mass is 10.2. The van der Waals surface area contributed by atoms with Gasteiger partial charge in [0.1, 0.15) is 0 Å². The molecule has 82 valence electrons. The summed E-state index contributed by atoms with van der Waals surface area (Å²) in [5.41, 5.74) is 0.843. The lowest BCUT2D eigenvalue weighted by molar-refractivity contribution is 0.771. The minimum absolute atomic E-state index is 0.441. The molecule has 0 bridgehead atoms. The molecular weight excluding hydrogens is 268 g/mol. The van der Waals surface area contributed by atoms with Crippen LogP contribution in [-0.4, -0.2) is 20.6 Å². The van der Waals surface area contributed by atoms with E-state index in [1.54, 1.807) is 4.52 Å². The molecule has 0 amide bonds. The summed E-state index contributed by atoms with van der Waals surface area (Å²) in [5.74, 6) is 0.695. The van der Waals surface area contributed by atoms with Gasteiger partial charge in [-0.15, -0.1) is 5.10 Å². The van der Waals surface area contributed by atoms with E-state index in [4.69, 9.17) is 0 Å². The molecule has 16 heavy (non-hydrogen) atoms. The van der Waals surface area contributed by atoms with Crippen molar-refractivity contribution < 1.29 is 0 Å². The van der Waals surface area contributed by atoms with Crippen molar-refractivity contribution in [2.24, 2.45) is 0 Å². The monoisotopic (exact) mass is 278 g/mol. The van der Waals surface area contributed by atoms with E-state index in [-0.39, 0.29) is 0 Å². The Labute approximate surface area is 102 Å². The van der Waals surface area contributed by atoms with Crippen LogP contribution in [0.15, 0.2) is 35.0 Å². The molecule has 2 heterocycles. The highest BCUT2D eigenvalue weighted by molar-refractivity contribution is 9.10. The van der Waals surface area contributed by atoms with Crippen LogP contribution in [0.4, 0.5) is 5.95 Å². The van der Waals surface area contributed by atoms with Gasteiger partial charge in [-0.2, -0.15) is 4.98 Å². The molecule has 0 saturated carbocycles. The number of rotatable bonds is 2. The van der Waals surface area contributed by atoms with Gasteiger partial charge in [0.15, 0.2) is 5.65 Å². The molecule has 0 atom stereocenters. The van der Waals surface area contributed by atoms with Crippen molar-refractivity contribution in [2.75, 3.05) is 5.32 Å². The van der Waals surface area contributed by atoms with Crippen molar-refractivity contribution in [3.05, 3.63) is 35.0 Å². The largest absolute Gasteiger partial charge is 0.350 e. The molecule has 2 aromatic heterocycles. The first-order chi connectivity index (χ1) is 7.83. The predicted octanol–water partition coefficient (Wildman–Crippen LogP) is 2.62. The zero-order valence-electron chi connectivity index (χ0n) is 8.60. The molecule has 1 aliphatic rings. The van der Waals surface area contributed by atoms with Crippen LogP contribution >= 0.6 is 15.9 Å². The minimum atomic E-state index is 0.441. The highest BCUT2D eigenvalue weighted by Gasteiger charge is 2.13. The first-order valence-corrected chi connectivity index (χ1v) is 6.04. The summed E-state index contributed by atoms with van der Waals surface area (Å²) in [6.45, 7) is 0. The minimum Gasteiger partial charge on any atom is -0.350 e. The third kappa shape index (κ3) is 1.71. The lowest BCUT2D eigenvalue weighted by Crippen LogP contribution is -2.15. The molecule has 1 aliphatic carbocycles. The Kier molecular flexibility index (Phi) is 2.40. The molecule has 0 aromatic carbocycles. The van der Waals surface area contributed by atoms with Crippen LogP contribution in [0.5, 0.6) is 0 Å². The third-order valence-electron chi connectivity index (χ3n) is 2.66. The third-order valence-corrected chi connectivity index (χ3v) is 3.27. The summed E-state index contributed by atoms with van der Waals surface area (Å²) in [5, 5.41) is 7.70. The summed E-state index contributed by atoms with van der Waals surface area (Å²) in [7, 11) is 0. The number of anilines is 1. The van der Waals surface area contributed by atoms with E-state index in [2.05, 4.69) is 43.5 Å². The van der Waals surface area contributed by atoms with Gasteiger partial charge < -0.3 is 5.32 Å². The Morgan fingerprint density at radius 3 is 2.94 bits per heavy atom. The Hall–Kier alpha value is -1.36. The molecule has 1 N–H and O–H groups in total. The standard InChI is InChI=1S/C11H11BrN4/c12-9-6-3-7-16-10(9)14-11(15-16)13-8-4-1-2-5-8/h1-3,6-8H,4-5H2,(H,13,15). The number of halogens is 1. The maximum absolute atomic E-state index is 4.44. The average Bonchev–Trinajstić information content (AvgIpc) is 2.88. The van der Waals surface area contributed by atoms with Gasteiger partial charge in [-0.1, -0.05) is 12.2 Å².